The molecule has 2 heterocycles. The van der Waals surface area contributed by atoms with E-state index in [0.29, 0.717) is 17.7 Å². The van der Waals surface area contributed by atoms with E-state index >= 15 is 0 Å². The minimum atomic E-state index is -1.05. The van der Waals surface area contributed by atoms with E-state index in [9.17, 15) is 23.1 Å². The second-order valence-corrected chi connectivity index (χ2v) is 6.22. The molecule has 2 aromatic rings. The summed E-state index contributed by atoms with van der Waals surface area (Å²) in [5.41, 5.74) is 0.406. The van der Waals surface area contributed by atoms with Crippen molar-refractivity contribution >= 4 is 5.91 Å². The molecular formula is C18H17F3N2O3. The predicted molar refractivity (Wildman–Crippen MR) is 85.9 cm³/mol. The van der Waals surface area contributed by atoms with E-state index in [4.69, 9.17) is 4.74 Å². The highest BCUT2D eigenvalue weighted by molar-refractivity contribution is 6.00. The second kappa shape index (κ2) is 6.95. The first kappa shape index (κ1) is 18.2. The van der Waals surface area contributed by atoms with E-state index in [1.54, 1.807) is 19.9 Å². The molecule has 0 spiro atoms. The number of carbonyl (C=O) groups excluding carboxylic acids is 1. The molecule has 0 saturated heterocycles. The molecule has 0 aliphatic carbocycles. The van der Waals surface area contributed by atoms with Crippen LogP contribution >= 0.6 is 0 Å². The summed E-state index contributed by atoms with van der Waals surface area (Å²) < 4.78 is 46.3. The van der Waals surface area contributed by atoms with Crippen LogP contribution in [0.3, 0.4) is 0 Å². The zero-order valence-corrected chi connectivity index (χ0v) is 14.2. The molecule has 138 valence electrons. The number of ether oxygens (including phenoxy) is 1. The van der Waals surface area contributed by atoms with Crippen LogP contribution in [0, 0.1) is 17.5 Å². The molecule has 1 N–H and O–H groups in total. The maximum atomic E-state index is 13.9. The molecular weight excluding hydrogens is 349 g/mol. The number of aromatic nitrogens is 1. The van der Waals surface area contributed by atoms with Crippen LogP contribution in [0.1, 0.15) is 35.3 Å². The molecule has 3 rings (SSSR count). The minimum Gasteiger partial charge on any atom is -0.471 e. The number of pyridine rings is 1. The van der Waals surface area contributed by atoms with E-state index in [1.165, 1.54) is 11.1 Å². The largest absolute Gasteiger partial charge is 0.471 e. The van der Waals surface area contributed by atoms with E-state index in [-0.39, 0.29) is 30.1 Å². The lowest BCUT2D eigenvalue weighted by molar-refractivity contribution is 0.0553. The molecule has 2 atom stereocenters. The van der Waals surface area contributed by atoms with Crippen LogP contribution < -0.4 is 4.74 Å². The summed E-state index contributed by atoms with van der Waals surface area (Å²) in [5.74, 6) is -3.56. The van der Waals surface area contributed by atoms with E-state index < -0.39 is 35.6 Å². The Morgan fingerprint density at radius 1 is 1.27 bits per heavy atom. The van der Waals surface area contributed by atoms with E-state index in [0.717, 1.165) is 0 Å². The fourth-order valence-electron chi connectivity index (χ4n) is 2.68. The molecule has 1 aromatic carbocycles. The van der Waals surface area contributed by atoms with Gasteiger partial charge < -0.3 is 14.7 Å². The van der Waals surface area contributed by atoms with Crippen molar-refractivity contribution in [2.75, 3.05) is 0 Å². The number of fused-ring (bicyclic) bond motifs is 1. The van der Waals surface area contributed by atoms with Crippen molar-refractivity contribution in [1.82, 2.24) is 9.88 Å². The Labute approximate surface area is 148 Å². The smallest absolute Gasteiger partial charge is 0.260 e. The molecule has 0 fully saturated rings. The van der Waals surface area contributed by atoms with Gasteiger partial charge in [0.25, 0.3) is 5.91 Å². The van der Waals surface area contributed by atoms with Gasteiger partial charge in [0.15, 0.2) is 0 Å². The topological polar surface area (TPSA) is 62.7 Å². The van der Waals surface area contributed by atoms with Crippen LogP contribution in [0.15, 0.2) is 24.4 Å². The van der Waals surface area contributed by atoms with Crippen LogP contribution in [0.5, 0.6) is 5.88 Å². The summed E-state index contributed by atoms with van der Waals surface area (Å²) in [6, 6.07) is 2.77. The summed E-state index contributed by atoms with van der Waals surface area (Å²) in [6.07, 6.45) is 0.0872. The molecule has 0 radical (unpaired) electrons. The van der Waals surface area contributed by atoms with Crippen LogP contribution in [-0.2, 0) is 13.1 Å². The maximum absolute atomic E-state index is 13.9. The Bertz CT molecular complexity index is 835. The number of rotatable bonds is 5. The van der Waals surface area contributed by atoms with Gasteiger partial charge in [0.1, 0.15) is 29.1 Å². The highest BCUT2D eigenvalue weighted by atomic mass is 19.1. The number of nitrogens with zero attached hydrogens (tertiary/aromatic N) is 2. The number of carbonyl (C=O) groups is 1. The molecule has 0 saturated carbocycles. The fraction of sp³-hybridized carbons (Fsp3) is 0.333. The minimum absolute atomic E-state index is 0.0588. The Kier molecular flexibility index (Phi) is 4.86. The first-order chi connectivity index (χ1) is 12.3. The molecule has 1 aromatic heterocycles. The number of hydrogen-bond acceptors (Lipinski definition) is 4. The van der Waals surface area contributed by atoms with Gasteiger partial charge >= 0.3 is 0 Å². The van der Waals surface area contributed by atoms with Gasteiger partial charge in [0.05, 0.1) is 12.6 Å². The van der Waals surface area contributed by atoms with Gasteiger partial charge in [0.2, 0.25) is 5.88 Å². The zero-order chi connectivity index (χ0) is 19.0. The third-order valence-electron chi connectivity index (χ3n) is 4.30. The fourth-order valence-corrected chi connectivity index (χ4v) is 2.68. The first-order valence-corrected chi connectivity index (χ1v) is 8.03. The van der Waals surface area contributed by atoms with Crippen molar-refractivity contribution in [1.29, 1.82) is 0 Å². The summed E-state index contributed by atoms with van der Waals surface area (Å²) in [5, 5.41) is 9.56. The van der Waals surface area contributed by atoms with Crippen molar-refractivity contribution in [3.8, 4) is 5.88 Å². The first-order valence-electron chi connectivity index (χ1n) is 8.03. The van der Waals surface area contributed by atoms with Crippen molar-refractivity contribution in [2.24, 2.45) is 0 Å². The van der Waals surface area contributed by atoms with Gasteiger partial charge in [-0.25, -0.2) is 18.2 Å². The monoisotopic (exact) mass is 366 g/mol. The highest BCUT2D eigenvalue weighted by Gasteiger charge is 2.33. The number of benzene rings is 1. The summed E-state index contributed by atoms with van der Waals surface area (Å²) in [7, 11) is 0. The third kappa shape index (κ3) is 3.37. The Balaban J connectivity index is 1.87. The van der Waals surface area contributed by atoms with E-state index in [2.05, 4.69) is 4.98 Å². The van der Waals surface area contributed by atoms with Crippen LogP contribution in [-0.4, -0.2) is 33.1 Å². The Morgan fingerprint density at radius 2 is 1.92 bits per heavy atom. The Hall–Kier alpha value is -2.61. The summed E-state index contributed by atoms with van der Waals surface area (Å²) >= 11 is 0. The zero-order valence-electron chi connectivity index (χ0n) is 14.2. The van der Waals surface area contributed by atoms with Gasteiger partial charge in [-0.2, -0.15) is 0 Å². The van der Waals surface area contributed by atoms with Gasteiger partial charge in [-0.3, -0.25) is 4.79 Å². The summed E-state index contributed by atoms with van der Waals surface area (Å²) in [6.45, 7) is 2.94. The van der Waals surface area contributed by atoms with Crippen LogP contribution in [0.2, 0.25) is 0 Å². The lowest BCUT2D eigenvalue weighted by Crippen LogP contribution is -2.28. The predicted octanol–water partition coefficient (Wildman–Crippen LogP) is 2.80. The van der Waals surface area contributed by atoms with Gasteiger partial charge in [-0.15, -0.1) is 0 Å². The molecule has 0 bridgehead atoms. The lowest BCUT2D eigenvalue weighted by atomic mass is 10.1. The summed E-state index contributed by atoms with van der Waals surface area (Å²) in [4.78, 5) is 17.9. The van der Waals surface area contributed by atoms with E-state index in [1.807, 2.05) is 0 Å². The third-order valence-corrected chi connectivity index (χ3v) is 4.30. The molecule has 8 heteroatoms. The second-order valence-electron chi connectivity index (χ2n) is 6.22. The molecule has 5 nitrogen and oxygen atoms in total. The number of halogens is 3. The SMILES string of the molecule is C[C@@H](O)[C@@H](C)Oc1nccc2c1C(=O)N(Cc1c(F)cc(F)cc1F)C2. The van der Waals surface area contributed by atoms with Crippen molar-refractivity contribution in [2.45, 2.75) is 39.1 Å². The average molecular weight is 366 g/mol. The van der Waals surface area contributed by atoms with Gasteiger partial charge in [-0.1, -0.05) is 0 Å². The molecule has 26 heavy (non-hydrogen) atoms. The number of hydrogen-bond donors (Lipinski definition) is 1. The molecule has 1 amide bonds. The number of aliphatic hydroxyl groups is 1. The normalized spacial score (nSPS) is 15.8. The maximum Gasteiger partial charge on any atom is 0.260 e. The molecule has 0 unspecified atom stereocenters. The van der Waals surface area contributed by atoms with Crippen molar-refractivity contribution < 1.29 is 27.8 Å². The number of aliphatic hydroxyl groups excluding tert-OH is 1. The van der Waals surface area contributed by atoms with Gasteiger partial charge in [0, 0.05) is 30.4 Å². The molecule has 1 aliphatic heterocycles. The van der Waals surface area contributed by atoms with Gasteiger partial charge in [-0.05, 0) is 25.5 Å². The van der Waals surface area contributed by atoms with Crippen molar-refractivity contribution in [3.05, 3.63) is 58.5 Å². The number of amides is 1. The average Bonchev–Trinajstić information content (AvgIpc) is 2.87. The Morgan fingerprint density at radius 3 is 2.54 bits per heavy atom. The van der Waals surface area contributed by atoms with Crippen molar-refractivity contribution in [3.63, 3.8) is 0 Å². The highest BCUT2D eigenvalue weighted by Crippen LogP contribution is 2.31. The quantitative estimate of drug-likeness (QED) is 0.884. The van der Waals surface area contributed by atoms with Crippen LogP contribution in [0.25, 0.3) is 0 Å². The standard InChI is InChI=1S/C18H17F3N2O3/c1-9(24)10(2)26-17-16-11(3-4-22-17)7-23(18(16)25)8-13-14(20)5-12(19)6-15(13)21/h3-6,9-10,24H,7-8H2,1-2H3/t9-,10-/m1/s1. The lowest BCUT2D eigenvalue weighted by Gasteiger charge is -2.18. The van der Waals surface area contributed by atoms with Crippen LogP contribution in [0.4, 0.5) is 13.2 Å². The molecule has 1 aliphatic rings.